The lowest BCUT2D eigenvalue weighted by Gasteiger charge is -2.40. The molecule has 0 bridgehead atoms. The van der Waals surface area contributed by atoms with E-state index in [-0.39, 0.29) is 23.9 Å². The van der Waals surface area contributed by atoms with Crippen molar-refractivity contribution in [1.29, 1.82) is 0 Å². The molecule has 0 aliphatic heterocycles. The van der Waals surface area contributed by atoms with Gasteiger partial charge in [0.15, 0.2) is 0 Å². The van der Waals surface area contributed by atoms with Crippen molar-refractivity contribution in [3.8, 4) is 5.75 Å². The van der Waals surface area contributed by atoms with Gasteiger partial charge in [-0.15, -0.1) is 0 Å². The third-order valence-electron chi connectivity index (χ3n) is 6.45. The lowest BCUT2D eigenvalue weighted by atomic mass is 9.68. The Balaban J connectivity index is 2.51. The lowest BCUT2D eigenvalue weighted by molar-refractivity contribution is -0.155. The quantitative estimate of drug-likeness (QED) is 0.394. The maximum atomic E-state index is 13.0. The highest BCUT2D eigenvalue weighted by molar-refractivity contribution is 5.79. The highest BCUT2D eigenvalue weighted by atomic mass is 16.5. The Morgan fingerprint density at radius 2 is 1.35 bits per heavy atom. The van der Waals surface area contributed by atoms with E-state index >= 15 is 0 Å². The minimum absolute atomic E-state index is 0.211. The summed E-state index contributed by atoms with van der Waals surface area (Å²) >= 11 is 0. The first-order valence-electron chi connectivity index (χ1n) is 11.9. The molecule has 0 aromatic heterocycles. The standard InChI is InChI=1S/C28H39NO5/c1-8-33-25(30)27(3,4)23(20-13-11-10-12-14-20)19-24(28(5,6)26(31)34-9-2)29-21-15-17-22(32-7)18-16-21/h10-18,23-24,29H,8-9,19H2,1-7H3. The molecule has 0 aliphatic carbocycles. The second-order valence-corrected chi connectivity index (χ2v) is 9.51. The Hall–Kier alpha value is -3.02. The van der Waals surface area contributed by atoms with Gasteiger partial charge in [-0.1, -0.05) is 30.3 Å². The van der Waals surface area contributed by atoms with E-state index in [4.69, 9.17) is 14.2 Å². The van der Waals surface area contributed by atoms with Crippen molar-refractivity contribution < 1.29 is 23.8 Å². The van der Waals surface area contributed by atoms with Crippen LogP contribution in [0.3, 0.4) is 0 Å². The number of carbonyl (C=O) groups is 2. The lowest BCUT2D eigenvalue weighted by Crippen LogP contribution is -2.46. The Labute approximate surface area is 204 Å². The van der Waals surface area contributed by atoms with Crippen molar-refractivity contribution >= 4 is 17.6 Å². The zero-order chi connectivity index (χ0) is 25.4. The first kappa shape index (κ1) is 27.2. The van der Waals surface area contributed by atoms with Crippen LogP contribution in [0.2, 0.25) is 0 Å². The second kappa shape index (κ2) is 11.9. The average molecular weight is 470 g/mol. The van der Waals surface area contributed by atoms with Gasteiger partial charge in [0.25, 0.3) is 0 Å². The van der Waals surface area contributed by atoms with Gasteiger partial charge < -0.3 is 19.5 Å². The van der Waals surface area contributed by atoms with Crippen LogP contribution in [-0.4, -0.2) is 38.3 Å². The molecule has 0 amide bonds. The SMILES string of the molecule is CCOC(=O)C(C)(C)C(CC(c1ccccc1)C(C)(C)C(=O)OCC)Nc1ccc(OC)cc1. The fraction of sp³-hybridized carbons (Fsp3) is 0.500. The molecular formula is C28H39NO5. The summed E-state index contributed by atoms with van der Waals surface area (Å²) in [5, 5.41) is 3.54. The molecule has 2 unspecified atom stereocenters. The third kappa shape index (κ3) is 6.52. The molecule has 2 atom stereocenters. The van der Waals surface area contributed by atoms with Crippen LogP contribution < -0.4 is 10.1 Å². The summed E-state index contributed by atoms with van der Waals surface area (Å²) in [5.74, 6) is -0.0164. The summed E-state index contributed by atoms with van der Waals surface area (Å²) in [6, 6.07) is 17.2. The summed E-state index contributed by atoms with van der Waals surface area (Å²) in [6.45, 7) is 11.8. The number of rotatable bonds is 12. The molecule has 0 aliphatic rings. The number of carbonyl (C=O) groups excluding carboxylic acids is 2. The molecule has 34 heavy (non-hydrogen) atoms. The number of esters is 2. The highest BCUT2D eigenvalue weighted by Gasteiger charge is 2.45. The number of methoxy groups -OCH3 is 1. The molecule has 0 saturated heterocycles. The molecule has 0 saturated carbocycles. The fourth-order valence-corrected chi connectivity index (χ4v) is 4.11. The van der Waals surface area contributed by atoms with Gasteiger partial charge in [-0.05, 0) is 77.8 Å². The number of benzene rings is 2. The third-order valence-corrected chi connectivity index (χ3v) is 6.45. The van der Waals surface area contributed by atoms with Crippen LogP contribution in [0.15, 0.2) is 54.6 Å². The van der Waals surface area contributed by atoms with Gasteiger partial charge in [0, 0.05) is 17.6 Å². The van der Waals surface area contributed by atoms with E-state index in [2.05, 4.69) is 5.32 Å². The average Bonchev–Trinajstić information content (AvgIpc) is 2.82. The maximum Gasteiger partial charge on any atom is 0.313 e. The largest absolute Gasteiger partial charge is 0.497 e. The fourth-order valence-electron chi connectivity index (χ4n) is 4.11. The smallest absolute Gasteiger partial charge is 0.313 e. The molecule has 2 rings (SSSR count). The molecule has 186 valence electrons. The van der Waals surface area contributed by atoms with E-state index in [1.54, 1.807) is 14.0 Å². The molecule has 2 aromatic rings. The Morgan fingerprint density at radius 3 is 1.85 bits per heavy atom. The van der Waals surface area contributed by atoms with Crippen molar-refractivity contribution in [2.75, 3.05) is 25.6 Å². The molecule has 1 N–H and O–H groups in total. The zero-order valence-electron chi connectivity index (χ0n) is 21.5. The maximum absolute atomic E-state index is 13.0. The van der Waals surface area contributed by atoms with Crippen LogP contribution in [-0.2, 0) is 19.1 Å². The van der Waals surface area contributed by atoms with Gasteiger partial charge in [-0.2, -0.15) is 0 Å². The topological polar surface area (TPSA) is 73.9 Å². The predicted molar refractivity (Wildman–Crippen MR) is 135 cm³/mol. The number of nitrogens with one attached hydrogen (secondary N) is 1. The molecule has 2 aromatic carbocycles. The van der Waals surface area contributed by atoms with E-state index in [9.17, 15) is 9.59 Å². The number of hydrogen-bond acceptors (Lipinski definition) is 6. The van der Waals surface area contributed by atoms with Crippen LogP contribution in [0, 0.1) is 10.8 Å². The van der Waals surface area contributed by atoms with Crippen LogP contribution in [0.1, 0.15) is 59.4 Å². The van der Waals surface area contributed by atoms with Gasteiger partial charge in [-0.25, -0.2) is 0 Å². The van der Waals surface area contributed by atoms with Gasteiger partial charge in [-0.3, -0.25) is 9.59 Å². The Bertz CT molecular complexity index is 922. The first-order chi connectivity index (χ1) is 16.1. The van der Waals surface area contributed by atoms with E-state index in [0.717, 1.165) is 17.0 Å². The minimum Gasteiger partial charge on any atom is -0.497 e. The minimum atomic E-state index is -0.867. The molecule has 0 heterocycles. The van der Waals surface area contributed by atoms with Gasteiger partial charge in [0.05, 0.1) is 31.2 Å². The van der Waals surface area contributed by atoms with Crippen LogP contribution >= 0.6 is 0 Å². The van der Waals surface area contributed by atoms with Gasteiger partial charge in [0.2, 0.25) is 0 Å². The second-order valence-electron chi connectivity index (χ2n) is 9.51. The Morgan fingerprint density at radius 1 is 0.824 bits per heavy atom. The normalized spacial score (nSPS) is 13.5. The first-order valence-corrected chi connectivity index (χ1v) is 11.9. The highest BCUT2D eigenvalue weighted by Crippen LogP contribution is 2.43. The predicted octanol–water partition coefficient (Wildman–Crippen LogP) is 5.83. The van der Waals surface area contributed by atoms with Crippen LogP contribution in [0.5, 0.6) is 5.75 Å². The number of anilines is 1. The Kier molecular flexibility index (Phi) is 9.54. The van der Waals surface area contributed by atoms with E-state index in [0.29, 0.717) is 19.6 Å². The van der Waals surface area contributed by atoms with Crippen molar-refractivity contribution in [1.82, 2.24) is 0 Å². The molecule has 6 nitrogen and oxygen atoms in total. The number of ether oxygens (including phenoxy) is 3. The van der Waals surface area contributed by atoms with Crippen molar-refractivity contribution in [3.63, 3.8) is 0 Å². The summed E-state index contributed by atoms with van der Waals surface area (Å²) in [7, 11) is 1.62. The van der Waals surface area contributed by atoms with Gasteiger partial charge >= 0.3 is 11.9 Å². The molecule has 0 fully saturated rings. The van der Waals surface area contributed by atoms with E-state index < -0.39 is 10.8 Å². The van der Waals surface area contributed by atoms with Crippen molar-refractivity contribution in [2.45, 2.75) is 59.9 Å². The summed E-state index contributed by atoms with van der Waals surface area (Å²) in [6.07, 6.45) is 0.508. The summed E-state index contributed by atoms with van der Waals surface area (Å²) in [5.41, 5.74) is 0.181. The summed E-state index contributed by atoms with van der Waals surface area (Å²) < 4.78 is 16.1. The van der Waals surface area contributed by atoms with Gasteiger partial charge in [0.1, 0.15) is 5.75 Å². The van der Waals surface area contributed by atoms with Crippen molar-refractivity contribution in [2.24, 2.45) is 10.8 Å². The van der Waals surface area contributed by atoms with Crippen LogP contribution in [0.4, 0.5) is 5.69 Å². The summed E-state index contributed by atoms with van der Waals surface area (Å²) in [4.78, 5) is 26.1. The van der Waals surface area contributed by atoms with E-state index in [1.165, 1.54) is 0 Å². The zero-order valence-corrected chi connectivity index (χ0v) is 21.5. The monoisotopic (exact) mass is 469 g/mol. The van der Waals surface area contributed by atoms with Crippen LogP contribution in [0.25, 0.3) is 0 Å². The molecule has 0 spiro atoms. The molecule has 6 heteroatoms. The van der Waals surface area contributed by atoms with E-state index in [1.807, 2.05) is 89.2 Å². The van der Waals surface area contributed by atoms with Crippen molar-refractivity contribution in [3.05, 3.63) is 60.2 Å². The number of hydrogen-bond donors (Lipinski definition) is 1. The molecule has 0 radical (unpaired) electrons. The molecular weight excluding hydrogens is 430 g/mol.